The van der Waals surface area contributed by atoms with E-state index < -0.39 is 12.7 Å². The number of hydrogen-bond acceptors (Lipinski definition) is 4. The Kier molecular flexibility index (Phi) is 5.86. The Hall–Kier alpha value is -2.48. The molecule has 0 aliphatic heterocycles. The molecule has 2 aromatic rings. The Morgan fingerprint density at radius 3 is 2.62 bits per heavy atom. The topological polar surface area (TPSA) is 76.4 Å². The lowest BCUT2D eigenvalue weighted by Gasteiger charge is -2.13. The molecule has 1 aromatic heterocycles. The maximum Gasteiger partial charge on any atom is 0.387 e. The van der Waals surface area contributed by atoms with Gasteiger partial charge >= 0.3 is 6.61 Å². The first-order chi connectivity index (χ1) is 11.4. The van der Waals surface area contributed by atoms with Gasteiger partial charge in [-0.1, -0.05) is 12.1 Å². The molecule has 1 unspecified atom stereocenters. The summed E-state index contributed by atoms with van der Waals surface area (Å²) in [6, 6.07) is 7.27. The molecule has 8 heteroatoms. The number of alkyl halides is 2. The van der Waals surface area contributed by atoms with E-state index in [1.807, 2.05) is 6.92 Å². The largest absolute Gasteiger partial charge is 0.435 e. The number of nitrogens with one attached hydrogen (secondary N) is 1. The molecule has 1 amide bonds. The average Bonchev–Trinajstić information content (AvgIpc) is 2.93. The molecular weight excluding hydrogens is 320 g/mol. The summed E-state index contributed by atoms with van der Waals surface area (Å²) in [5, 5.41) is 16.9. The lowest BCUT2D eigenvalue weighted by molar-refractivity contribution is -0.0498. The van der Waals surface area contributed by atoms with Crippen LogP contribution in [0.1, 0.15) is 34.8 Å². The summed E-state index contributed by atoms with van der Waals surface area (Å²) >= 11 is 0. The number of amides is 1. The predicted octanol–water partition coefficient (Wildman–Crippen LogP) is 2.28. The van der Waals surface area contributed by atoms with E-state index in [4.69, 9.17) is 0 Å². The second-order valence-corrected chi connectivity index (χ2v) is 5.16. The minimum atomic E-state index is -2.90. The maximum absolute atomic E-state index is 12.2. The molecule has 1 atom stereocenters. The molecule has 0 saturated carbocycles. The number of benzene rings is 1. The molecule has 0 spiro atoms. The number of ether oxygens (including phenoxy) is 1. The highest BCUT2D eigenvalue weighted by Gasteiger charge is 2.15. The Balaban J connectivity index is 1.94. The first-order valence-electron chi connectivity index (χ1n) is 7.46. The molecular formula is C16H19F2N3O3. The van der Waals surface area contributed by atoms with Crippen molar-refractivity contribution in [2.45, 2.75) is 33.1 Å². The summed E-state index contributed by atoms with van der Waals surface area (Å²) in [6.07, 6.45) is -0.964. The van der Waals surface area contributed by atoms with Gasteiger partial charge in [0.05, 0.1) is 11.8 Å². The Morgan fingerprint density at radius 2 is 2.04 bits per heavy atom. The minimum absolute atomic E-state index is 0.00677. The molecule has 1 heterocycles. The van der Waals surface area contributed by atoms with E-state index in [1.165, 1.54) is 24.3 Å². The highest BCUT2D eigenvalue weighted by atomic mass is 19.3. The van der Waals surface area contributed by atoms with Gasteiger partial charge in [0.25, 0.3) is 5.91 Å². The molecule has 24 heavy (non-hydrogen) atoms. The maximum atomic E-state index is 12.2. The van der Waals surface area contributed by atoms with Crippen molar-refractivity contribution in [3.05, 3.63) is 47.3 Å². The third-order valence-corrected chi connectivity index (χ3v) is 3.38. The highest BCUT2D eigenvalue weighted by molar-refractivity contribution is 5.92. The van der Waals surface area contributed by atoms with Crippen molar-refractivity contribution in [2.75, 3.05) is 6.54 Å². The molecule has 0 radical (unpaired) electrons. The van der Waals surface area contributed by atoms with Crippen LogP contribution in [0.5, 0.6) is 5.75 Å². The highest BCUT2D eigenvalue weighted by Crippen LogP contribution is 2.19. The molecule has 0 aliphatic carbocycles. The van der Waals surface area contributed by atoms with Gasteiger partial charge in [0.2, 0.25) is 0 Å². The molecule has 2 N–H and O–H groups in total. The summed E-state index contributed by atoms with van der Waals surface area (Å²) in [7, 11) is 0. The standard InChI is InChI=1S/C16H19F2N3O3/c1-3-21-13(8-10(2)20-21)15(23)19-9-14(22)11-4-6-12(7-5-11)24-16(17)18/h4-8,14,16,22H,3,9H2,1-2H3,(H,19,23). The Morgan fingerprint density at radius 1 is 1.38 bits per heavy atom. The molecule has 0 bridgehead atoms. The van der Waals surface area contributed by atoms with Crippen molar-refractivity contribution in [2.24, 2.45) is 0 Å². The fraction of sp³-hybridized carbons (Fsp3) is 0.375. The molecule has 0 aliphatic rings. The molecule has 0 fully saturated rings. The molecule has 6 nitrogen and oxygen atoms in total. The molecule has 2 rings (SSSR count). The van der Waals surface area contributed by atoms with Crippen LogP contribution in [-0.2, 0) is 6.54 Å². The smallest absolute Gasteiger partial charge is 0.387 e. The lowest BCUT2D eigenvalue weighted by atomic mass is 10.1. The van der Waals surface area contributed by atoms with Crippen LogP contribution >= 0.6 is 0 Å². The number of nitrogens with zero attached hydrogens (tertiary/aromatic N) is 2. The van der Waals surface area contributed by atoms with E-state index in [9.17, 15) is 18.7 Å². The van der Waals surface area contributed by atoms with E-state index in [0.29, 0.717) is 17.8 Å². The zero-order valence-corrected chi connectivity index (χ0v) is 13.4. The minimum Gasteiger partial charge on any atom is -0.435 e. The van der Waals surface area contributed by atoms with Gasteiger partial charge < -0.3 is 15.2 Å². The van der Waals surface area contributed by atoms with E-state index in [0.717, 1.165) is 5.69 Å². The van der Waals surface area contributed by atoms with Crippen molar-refractivity contribution < 1.29 is 23.4 Å². The number of halogens is 2. The van der Waals surface area contributed by atoms with Crippen molar-refractivity contribution in [3.8, 4) is 5.75 Å². The van der Waals surface area contributed by atoms with Crippen molar-refractivity contribution in [1.29, 1.82) is 0 Å². The quantitative estimate of drug-likeness (QED) is 0.811. The number of aryl methyl sites for hydroxylation is 2. The Labute approximate surface area is 138 Å². The van der Waals surface area contributed by atoms with Gasteiger partial charge in [-0.05, 0) is 37.6 Å². The number of rotatable bonds is 7. The van der Waals surface area contributed by atoms with Crippen LogP contribution in [0.4, 0.5) is 8.78 Å². The van der Waals surface area contributed by atoms with Crippen LogP contribution in [-0.4, -0.2) is 34.0 Å². The summed E-state index contributed by atoms with van der Waals surface area (Å²) in [6.45, 7) is 1.32. The van der Waals surface area contributed by atoms with Gasteiger partial charge in [-0.3, -0.25) is 9.48 Å². The van der Waals surface area contributed by atoms with Crippen LogP contribution in [0.3, 0.4) is 0 Å². The fourth-order valence-electron chi connectivity index (χ4n) is 2.24. The second kappa shape index (κ2) is 7.87. The van der Waals surface area contributed by atoms with Crippen LogP contribution in [0.25, 0.3) is 0 Å². The van der Waals surface area contributed by atoms with Crippen molar-refractivity contribution >= 4 is 5.91 Å². The predicted molar refractivity (Wildman–Crippen MR) is 83.0 cm³/mol. The molecule has 130 valence electrons. The van der Waals surface area contributed by atoms with Gasteiger partial charge in [0.1, 0.15) is 11.4 Å². The van der Waals surface area contributed by atoms with E-state index in [2.05, 4.69) is 15.2 Å². The van der Waals surface area contributed by atoms with E-state index in [-0.39, 0.29) is 18.2 Å². The van der Waals surface area contributed by atoms with Crippen LogP contribution in [0.2, 0.25) is 0 Å². The number of hydrogen-bond donors (Lipinski definition) is 2. The zero-order chi connectivity index (χ0) is 17.7. The summed E-state index contributed by atoms with van der Waals surface area (Å²) in [5.41, 5.74) is 1.64. The van der Waals surface area contributed by atoms with Gasteiger partial charge in [0, 0.05) is 13.1 Å². The fourth-order valence-corrected chi connectivity index (χ4v) is 2.24. The van der Waals surface area contributed by atoms with Crippen LogP contribution in [0, 0.1) is 6.92 Å². The number of aliphatic hydroxyl groups excluding tert-OH is 1. The summed E-state index contributed by atoms with van der Waals surface area (Å²) in [5.74, 6) is -0.332. The average molecular weight is 339 g/mol. The third kappa shape index (κ3) is 4.51. The zero-order valence-electron chi connectivity index (χ0n) is 13.4. The molecule has 1 aromatic carbocycles. The van der Waals surface area contributed by atoms with E-state index >= 15 is 0 Å². The Bertz CT molecular complexity index is 686. The van der Waals surface area contributed by atoms with Gasteiger partial charge in [0.15, 0.2) is 0 Å². The lowest BCUT2D eigenvalue weighted by Crippen LogP contribution is -2.30. The second-order valence-electron chi connectivity index (χ2n) is 5.16. The summed E-state index contributed by atoms with van der Waals surface area (Å²) in [4.78, 5) is 12.2. The van der Waals surface area contributed by atoms with Crippen LogP contribution < -0.4 is 10.1 Å². The van der Waals surface area contributed by atoms with Crippen LogP contribution in [0.15, 0.2) is 30.3 Å². The third-order valence-electron chi connectivity index (χ3n) is 3.38. The van der Waals surface area contributed by atoms with Gasteiger partial charge in [-0.2, -0.15) is 13.9 Å². The first-order valence-corrected chi connectivity index (χ1v) is 7.46. The van der Waals surface area contributed by atoms with Gasteiger partial charge in [-0.25, -0.2) is 0 Å². The monoisotopic (exact) mass is 339 g/mol. The number of aromatic nitrogens is 2. The van der Waals surface area contributed by atoms with Crippen molar-refractivity contribution in [3.63, 3.8) is 0 Å². The summed E-state index contributed by atoms with van der Waals surface area (Å²) < 4.78 is 30.0. The number of carbonyl (C=O) groups is 1. The van der Waals surface area contributed by atoms with Crippen molar-refractivity contribution in [1.82, 2.24) is 15.1 Å². The van der Waals surface area contributed by atoms with Gasteiger partial charge in [-0.15, -0.1) is 0 Å². The normalized spacial score (nSPS) is 12.2. The number of aliphatic hydroxyl groups is 1. The first kappa shape index (κ1) is 17.9. The number of carbonyl (C=O) groups excluding carboxylic acids is 1. The SMILES string of the molecule is CCn1nc(C)cc1C(=O)NCC(O)c1ccc(OC(F)F)cc1. The van der Waals surface area contributed by atoms with E-state index in [1.54, 1.807) is 17.7 Å². The molecule has 0 saturated heterocycles.